The zero-order chi connectivity index (χ0) is 16.2. The fourth-order valence-corrected chi connectivity index (χ4v) is 3.76. The monoisotopic (exact) mass is 350 g/mol. The van der Waals surface area contributed by atoms with Crippen LogP contribution < -0.4 is 0 Å². The van der Waals surface area contributed by atoms with Gasteiger partial charge in [-0.3, -0.25) is 19.7 Å². The van der Waals surface area contributed by atoms with Crippen molar-refractivity contribution >= 4 is 28.8 Å². The van der Waals surface area contributed by atoms with E-state index >= 15 is 0 Å². The Hall–Kier alpha value is -1.50. The van der Waals surface area contributed by atoms with Crippen LogP contribution in [-0.2, 0) is 6.54 Å². The van der Waals surface area contributed by atoms with Crippen LogP contribution in [0.5, 0.6) is 0 Å². The van der Waals surface area contributed by atoms with Crippen molar-refractivity contribution in [2.45, 2.75) is 19.9 Å². The average Bonchev–Trinajstić information content (AvgIpc) is 2.84. The summed E-state index contributed by atoms with van der Waals surface area (Å²) in [4.78, 5) is 26.1. The molecule has 1 aliphatic rings. The molecule has 7 heteroatoms. The predicted molar refractivity (Wildman–Crippen MR) is 91.9 cm³/mol. The van der Waals surface area contributed by atoms with E-state index in [1.54, 1.807) is 12.3 Å². The number of rotatable bonds is 3. The summed E-state index contributed by atoms with van der Waals surface area (Å²) < 4.78 is 0. The summed E-state index contributed by atoms with van der Waals surface area (Å²) in [5.41, 5.74) is 1.89. The van der Waals surface area contributed by atoms with Gasteiger partial charge < -0.3 is 4.90 Å². The molecular formula is C16H19ClN4OS. The number of hydrogen-bond donors (Lipinski definition) is 0. The third-order valence-electron chi connectivity index (χ3n) is 3.91. The smallest absolute Gasteiger partial charge is 0.265 e. The van der Waals surface area contributed by atoms with Crippen molar-refractivity contribution < 1.29 is 4.79 Å². The largest absolute Gasteiger partial charge is 0.337 e. The molecule has 122 valence electrons. The van der Waals surface area contributed by atoms with Crippen molar-refractivity contribution in [1.29, 1.82) is 0 Å². The van der Waals surface area contributed by atoms with E-state index in [0.29, 0.717) is 16.4 Å². The van der Waals surface area contributed by atoms with E-state index in [2.05, 4.69) is 14.9 Å². The maximum Gasteiger partial charge on any atom is 0.265 e. The van der Waals surface area contributed by atoms with E-state index in [1.165, 1.54) is 11.3 Å². The molecule has 0 unspecified atom stereocenters. The number of aryl methyl sites for hydroxylation is 1. The molecule has 23 heavy (non-hydrogen) atoms. The van der Waals surface area contributed by atoms with Crippen LogP contribution in [0.3, 0.4) is 0 Å². The minimum atomic E-state index is 0.0435. The van der Waals surface area contributed by atoms with Crippen LogP contribution in [0.15, 0.2) is 23.8 Å². The molecule has 0 bridgehead atoms. The second-order valence-corrected chi connectivity index (χ2v) is 6.99. The maximum absolute atomic E-state index is 12.5. The van der Waals surface area contributed by atoms with Gasteiger partial charge in [-0.1, -0.05) is 11.6 Å². The summed E-state index contributed by atoms with van der Waals surface area (Å²) in [5.74, 6) is 0.0435. The van der Waals surface area contributed by atoms with Crippen LogP contribution in [0.2, 0.25) is 5.02 Å². The number of carbonyl (C=O) groups is 1. The van der Waals surface area contributed by atoms with Gasteiger partial charge in [-0.05, 0) is 24.8 Å². The van der Waals surface area contributed by atoms with Crippen molar-refractivity contribution in [3.63, 3.8) is 0 Å². The Morgan fingerprint density at radius 2 is 2.13 bits per heavy atom. The topological polar surface area (TPSA) is 49.3 Å². The Morgan fingerprint density at radius 3 is 2.83 bits per heavy atom. The van der Waals surface area contributed by atoms with E-state index in [0.717, 1.165) is 44.0 Å². The van der Waals surface area contributed by atoms with Gasteiger partial charge in [0.25, 0.3) is 5.91 Å². The van der Waals surface area contributed by atoms with Crippen molar-refractivity contribution in [1.82, 2.24) is 19.8 Å². The first kappa shape index (κ1) is 16.4. The normalized spacial score (nSPS) is 16.3. The van der Waals surface area contributed by atoms with Gasteiger partial charge in [0, 0.05) is 45.1 Å². The number of aromatic nitrogens is 2. The maximum atomic E-state index is 12.5. The highest BCUT2D eigenvalue weighted by Crippen LogP contribution is 2.24. The number of nitrogens with zero attached hydrogens (tertiary/aromatic N) is 4. The molecule has 0 saturated carbocycles. The lowest BCUT2D eigenvalue weighted by molar-refractivity contribution is 0.0766. The molecule has 1 fully saturated rings. The molecule has 0 aliphatic carbocycles. The van der Waals surface area contributed by atoms with Gasteiger partial charge in [-0.25, -0.2) is 0 Å². The van der Waals surface area contributed by atoms with Gasteiger partial charge in [0.2, 0.25) is 0 Å². The highest BCUT2D eigenvalue weighted by atomic mass is 35.5. The van der Waals surface area contributed by atoms with Crippen LogP contribution in [0.4, 0.5) is 0 Å². The van der Waals surface area contributed by atoms with Crippen molar-refractivity contribution in [3.05, 3.63) is 45.1 Å². The lowest BCUT2D eigenvalue weighted by Crippen LogP contribution is -2.34. The Bertz CT molecular complexity index is 673. The Labute approximate surface area is 144 Å². The highest BCUT2D eigenvalue weighted by Gasteiger charge is 2.23. The number of carbonyl (C=O) groups excluding carboxylic acids is 1. The van der Waals surface area contributed by atoms with Gasteiger partial charge >= 0.3 is 0 Å². The lowest BCUT2D eigenvalue weighted by atomic mass is 10.3. The van der Waals surface area contributed by atoms with Crippen LogP contribution in [0.1, 0.15) is 27.5 Å². The second-order valence-electron chi connectivity index (χ2n) is 5.67. The van der Waals surface area contributed by atoms with E-state index in [-0.39, 0.29) is 5.91 Å². The Kier molecular flexibility index (Phi) is 5.25. The average molecular weight is 351 g/mol. The molecule has 0 aromatic carbocycles. The summed E-state index contributed by atoms with van der Waals surface area (Å²) in [6.45, 7) is 5.98. The predicted octanol–water partition coefficient (Wildman–Crippen LogP) is 2.85. The molecule has 0 N–H and O–H groups in total. The SMILES string of the molecule is Cc1cnc(CN2CCCN(C(=O)c3sccc3Cl)CC2)cn1. The van der Waals surface area contributed by atoms with Gasteiger partial charge in [0.1, 0.15) is 4.88 Å². The van der Waals surface area contributed by atoms with Crippen LogP contribution in [-0.4, -0.2) is 51.9 Å². The Balaban J connectivity index is 1.60. The first-order valence-corrected chi connectivity index (χ1v) is 8.91. The quantitative estimate of drug-likeness (QED) is 0.854. The van der Waals surface area contributed by atoms with Gasteiger partial charge in [-0.15, -0.1) is 11.3 Å². The van der Waals surface area contributed by atoms with E-state index in [1.807, 2.05) is 23.4 Å². The summed E-state index contributed by atoms with van der Waals surface area (Å²) in [6, 6.07) is 1.78. The van der Waals surface area contributed by atoms with Gasteiger partial charge in [0.05, 0.1) is 16.4 Å². The highest BCUT2D eigenvalue weighted by molar-refractivity contribution is 7.12. The molecule has 3 rings (SSSR count). The molecule has 2 aromatic rings. The molecule has 0 radical (unpaired) electrons. The van der Waals surface area contributed by atoms with Crippen LogP contribution in [0.25, 0.3) is 0 Å². The first-order valence-electron chi connectivity index (χ1n) is 7.65. The van der Waals surface area contributed by atoms with Crippen molar-refractivity contribution in [2.24, 2.45) is 0 Å². The number of amides is 1. The number of halogens is 1. The van der Waals surface area contributed by atoms with Gasteiger partial charge in [-0.2, -0.15) is 0 Å². The first-order chi connectivity index (χ1) is 11.1. The summed E-state index contributed by atoms with van der Waals surface area (Å²) >= 11 is 7.49. The van der Waals surface area contributed by atoms with E-state index in [9.17, 15) is 4.79 Å². The third kappa shape index (κ3) is 4.07. The molecule has 1 saturated heterocycles. The summed E-state index contributed by atoms with van der Waals surface area (Å²) in [5, 5.41) is 2.41. The molecule has 5 nitrogen and oxygen atoms in total. The summed E-state index contributed by atoms with van der Waals surface area (Å²) in [7, 11) is 0. The van der Waals surface area contributed by atoms with Gasteiger partial charge in [0.15, 0.2) is 0 Å². The van der Waals surface area contributed by atoms with Crippen molar-refractivity contribution in [3.8, 4) is 0 Å². The molecule has 1 aliphatic heterocycles. The summed E-state index contributed by atoms with van der Waals surface area (Å²) in [6.07, 6.45) is 4.57. The fourth-order valence-electron chi connectivity index (χ4n) is 2.65. The second kappa shape index (κ2) is 7.38. The molecular weight excluding hydrogens is 332 g/mol. The number of hydrogen-bond acceptors (Lipinski definition) is 5. The molecule has 0 spiro atoms. The molecule has 2 aromatic heterocycles. The molecule has 3 heterocycles. The fraction of sp³-hybridized carbons (Fsp3) is 0.438. The Morgan fingerprint density at radius 1 is 1.26 bits per heavy atom. The minimum Gasteiger partial charge on any atom is -0.337 e. The van der Waals surface area contributed by atoms with Crippen LogP contribution in [0, 0.1) is 6.92 Å². The molecule has 1 amide bonds. The zero-order valence-corrected chi connectivity index (χ0v) is 14.6. The lowest BCUT2D eigenvalue weighted by Gasteiger charge is -2.21. The van der Waals surface area contributed by atoms with E-state index in [4.69, 9.17) is 11.6 Å². The van der Waals surface area contributed by atoms with E-state index < -0.39 is 0 Å². The molecule has 0 atom stereocenters. The van der Waals surface area contributed by atoms with Crippen LogP contribution >= 0.6 is 22.9 Å². The third-order valence-corrected chi connectivity index (χ3v) is 5.24. The zero-order valence-electron chi connectivity index (χ0n) is 13.0. The standard InChI is InChI=1S/C16H19ClN4OS/c1-12-9-19-13(10-18-12)11-20-4-2-5-21(7-6-20)16(22)15-14(17)3-8-23-15/h3,8-10H,2,4-7,11H2,1H3. The van der Waals surface area contributed by atoms with Crippen molar-refractivity contribution in [2.75, 3.05) is 26.2 Å². The number of thiophene rings is 1. The minimum absolute atomic E-state index is 0.0435.